The van der Waals surface area contributed by atoms with E-state index in [9.17, 15) is 5.11 Å². The van der Waals surface area contributed by atoms with Crippen molar-refractivity contribution in [3.8, 4) is 11.5 Å². The van der Waals surface area contributed by atoms with Gasteiger partial charge in [-0.15, -0.1) is 0 Å². The lowest BCUT2D eigenvalue weighted by atomic mass is 10.1. The van der Waals surface area contributed by atoms with Crippen molar-refractivity contribution in [2.45, 2.75) is 46.3 Å². The van der Waals surface area contributed by atoms with Crippen LogP contribution >= 0.6 is 0 Å². The van der Waals surface area contributed by atoms with Gasteiger partial charge in [0.15, 0.2) is 11.5 Å². The topological polar surface area (TPSA) is 50.7 Å². The van der Waals surface area contributed by atoms with Gasteiger partial charge in [0.1, 0.15) is 6.61 Å². The standard InChI is InChI=1S/C16H27NO3/c1-5-10-17-11-13-8-7-9-14(19-6-2)15(13)20-12-16(3,4)18/h7-9,17-18H,5-6,10-12H2,1-4H3. The number of hydrogen-bond acceptors (Lipinski definition) is 4. The highest BCUT2D eigenvalue weighted by molar-refractivity contribution is 5.46. The first kappa shape index (κ1) is 16.8. The van der Waals surface area contributed by atoms with Gasteiger partial charge in [-0.1, -0.05) is 19.1 Å². The number of nitrogens with one attached hydrogen (secondary N) is 1. The molecule has 2 N–H and O–H groups in total. The lowest BCUT2D eigenvalue weighted by molar-refractivity contribution is 0.0270. The summed E-state index contributed by atoms with van der Waals surface area (Å²) in [4.78, 5) is 0. The Balaban J connectivity index is 2.87. The van der Waals surface area contributed by atoms with Gasteiger partial charge in [-0.3, -0.25) is 0 Å². The Morgan fingerprint density at radius 2 is 1.95 bits per heavy atom. The van der Waals surface area contributed by atoms with Gasteiger partial charge in [0.2, 0.25) is 0 Å². The van der Waals surface area contributed by atoms with Crippen LogP contribution in [0.2, 0.25) is 0 Å². The zero-order valence-corrected chi connectivity index (χ0v) is 13.0. The van der Waals surface area contributed by atoms with E-state index >= 15 is 0 Å². The second kappa shape index (κ2) is 8.12. The number of para-hydroxylation sites is 1. The maximum absolute atomic E-state index is 9.82. The Morgan fingerprint density at radius 3 is 2.55 bits per heavy atom. The molecule has 0 saturated carbocycles. The maximum atomic E-state index is 9.82. The summed E-state index contributed by atoms with van der Waals surface area (Å²) < 4.78 is 11.4. The van der Waals surface area contributed by atoms with Crippen LogP contribution in [-0.4, -0.2) is 30.5 Å². The first-order valence-electron chi connectivity index (χ1n) is 7.28. The van der Waals surface area contributed by atoms with Gasteiger partial charge in [-0.2, -0.15) is 0 Å². The molecule has 0 aliphatic rings. The predicted molar refractivity (Wildman–Crippen MR) is 81.4 cm³/mol. The number of hydrogen-bond donors (Lipinski definition) is 2. The Hall–Kier alpha value is -1.26. The third-order valence-electron chi connectivity index (χ3n) is 2.67. The van der Waals surface area contributed by atoms with Gasteiger partial charge in [0.25, 0.3) is 0 Å². The Morgan fingerprint density at radius 1 is 1.20 bits per heavy atom. The Bertz CT molecular complexity index is 399. The third-order valence-corrected chi connectivity index (χ3v) is 2.67. The average molecular weight is 281 g/mol. The highest BCUT2D eigenvalue weighted by Crippen LogP contribution is 2.32. The molecular weight excluding hydrogens is 254 g/mol. The SMILES string of the molecule is CCCNCc1cccc(OCC)c1OCC(C)(C)O. The van der Waals surface area contributed by atoms with E-state index in [1.165, 1.54) is 0 Å². The summed E-state index contributed by atoms with van der Waals surface area (Å²) in [5.41, 5.74) is 0.182. The van der Waals surface area contributed by atoms with Crippen molar-refractivity contribution in [1.82, 2.24) is 5.32 Å². The molecule has 0 amide bonds. The van der Waals surface area contributed by atoms with E-state index in [2.05, 4.69) is 12.2 Å². The predicted octanol–water partition coefficient (Wildman–Crippen LogP) is 2.73. The van der Waals surface area contributed by atoms with Crippen LogP contribution in [0.15, 0.2) is 18.2 Å². The van der Waals surface area contributed by atoms with Crippen molar-refractivity contribution in [2.75, 3.05) is 19.8 Å². The van der Waals surface area contributed by atoms with Gasteiger partial charge < -0.3 is 19.9 Å². The van der Waals surface area contributed by atoms with Crippen LogP contribution in [-0.2, 0) is 6.54 Å². The lowest BCUT2D eigenvalue weighted by Crippen LogP contribution is -2.28. The Labute approximate surface area is 122 Å². The van der Waals surface area contributed by atoms with Crippen LogP contribution in [0.4, 0.5) is 0 Å². The van der Waals surface area contributed by atoms with Crippen LogP contribution in [0.5, 0.6) is 11.5 Å². The van der Waals surface area contributed by atoms with Crippen LogP contribution in [0.1, 0.15) is 39.7 Å². The molecule has 1 aromatic carbocycles. The molecule has 0 saturated heterocycles. The molecule has 0 aliphatic heterocycles. The van der Waals surface area contributed by atoms with Gasteiger partial charge in [0.05, 0.1) is 12.2 Å². The van der Waals surface area contributed by atoms with E-state index in [1.807, 2.05) is 25.1 Å². The van der Waals surface area contributed by atoms with Crippen molar-refractivity contribution in [3.05, 3.63) is 23.8 Å². The number of benzene rings is 1. The summed E-state index contributed by atoms with van der Waals surface area (Å²) in [6.07, 6.45) is 1.09. The summed E-state index contributed by atoms with van der Waals surface area (Å²) in [7, 11) is 0. The summed E-state index contributed by atoms with van der Waals surface area (Å²) in [5, 5.41) is 13.2. The third kappa shape index (κ3) is 5.80. The maximum Gasteiger partial charge on any atom is 0.165 e. The molecule has 114 valence electrons. The molecular formula is C16H27NO3. The molecule has 0 heterocycles. The summed E-state index contributed by atoms with van der Waals surface area (Å²) in [6.45, 7) is 10.1. The molecule has 20 heavy (non-hydrogen) atoms. The number of aliphatic hydroxyl groups is 1. The van der Waals surface area contributed by atoms with Gasteiger partial charge in [-0.25, -0.2) is 0 Å². The highest BCUT2D eigenvalue weighted by atomic mass is 16.5. The molecule has 0 unspecified atom stereocenters. The van der Waals surface area contributed by atoms with Gasteiger partial charge >= 0.3 is 0 Å². The molecule has 0 atom stereocenters. The van der Waals surface area contributed by atoms with Gasteiger partial charge in [-0.05, 0) is 39.8 Å². The largest absolute Gasteiger partial charge is 0.490 e. The highest BCUT2D eigenvalue weighted by Gasteiger charge is 2.17. The van der Waals surface area contributed by atoms with Gasteiger partial charge in [0, 0.05) is 12.1 Å². The van der Waals surface area contributed by atoms with E-state index < -0.39 is 5.60 Å². The zero-order chi connectivity index (χ0) is 15.0. The first-order chi connectivity index (χ1) is 9.48. The fraction of sp³-hybridized carbons (Fsp3) is 0.625. The van der Waals surface area contributed by atoms with E-state index in [4.69, 9.17) is 9.47 Å². The summed E-state index contributed by atoms with van der Waals surface area (Å²) in [5.74, 6) is 1.45. The molecule has 0 spiro atoms. The second-order valence-electron chi connectivity index (χ2n) is 5.46. The molecule has 4 heteroatoms. The minimum absolute atomic E-state index is 0.234. The molecule has 4 nitrogen and oxygen atoms in total. The molecule has 0 fully saturated rings. The molecule has 1 aromatic rings. The average Bonchev–Trinajstić information content (AvgIpc) is 2.37. The van der Waals surface area contributed by atoms with Crippen molar-refractivity contribution in [2.24, 2.45) is 0 Å². The van der Waals surface area contributed by atoms with Crippen molar-refractivity contribution in [3.63, 3.8) is 0 Å². The molecule has 0 radical (unpaired) electrons. The molecule has 0 aliphatic carbocycles. The summed E-state index contributed by atoms with van der Waals surface area (Å²) >= 11 is 0. The Kier molecular flexibility index (Phi) is 6.82. The van der Waals surface area contributed by atoms with Crippen molar-refractivity contribution < 1.29 is 14.6 Å². The monoisotopic (exact) mass is 281 g/mol. The molecule has 1 rings (SSSR count). The van der Waals surface area contributed by atoms with Crippen LogP contribution in [0, 0.1) is 0 Å². The van der Waals surface area contributed by atoms with Crippen LogP contribution in [0.25, 0.3) is 0 Å². The zero-order valence-electron chi connectivity index (χ0n) is 13.0. The minimum Gasteiger partial charge on any atom is -0.490 e. The van der Waals surface area contributed by atoms with E-state index in [1.54, 1.807) is 13.8 Å². The quantitative estimate of drug-likeness (QED) is 0.683. The van der Waals surface area contributed by atoms with Crippen molar-refractivity contribution in [1.29, 1.82) is 0 Å². The van der Waals surface area contributed by atoms with Crippen molar-refractivity contribution >= 4 is 0 Å². The fourth-order valence-electron chi connectivity index (χ4n) is 1.78. The molecule has 0 bridgehead atoms. The minimum atomic E-state index is -0.868. The first-order valence-corrected chi connectivity index (χ1v) is 7.28. The second-order valence-corrected chi connectivity index (χ2v) is 5.46. The number of rotatable bonds is 9. The smallest absolute Gasteiger partial charge is 0.165 e. The van der Waals surface area contributed by atoms with Crippen LogP contribution < -0.4 is 14.8 Å². The lowest BCUT2D eigenvalue weighted by Gasteiger charge is -2.21. The van der Waals surface area contributed by atoms with E-state index in [0.29, 0.717) is 6.61 Å². The summed E-state index contributed by atoms with van der Waals surface area (Å²) in [6, 6.07) is 5.88. The van der Waals surface area contributed by atoms with Crippen LogP contribution in [0.3, 0.4) is 0 Å². The fourth-order valence-corrected chi connectivity index (χ4v) is 1.78. The van der Waals surface area contributed by atoms with E-state index in [-0.39, 0.29) is 6.61 Å². The van der Waals surface area contributed by atoms with E-state index in [0.717, 1.165) is 36.6 Å². The number of ether oxygens (including phenoxy) is 2. The molecule has 0 aromatic heterocycles. The normalized spacial score (nSPS) is 11.4.